The molecule has 0 spiro atoms. The summed E-state index contributed by atoms with van der Waals surface area (Å²) in [5.74, 6) is -0.0574. The van der Waals surface area contributed by atoms with Crippen molar-refractivity contribution in [3.8, 4) is 11.5 Å². The van der Waals surface area contributed by atoms with Gasteiger partial charge in [-0.05, 0) is 60.5 Å². The van der Waals surface area contributed by atoms with Crippen molar-refractivity contribution in [2.45, 2.75) is 30.8 Å². The molecular weight excluding hydrogens is 614 g/mol. The van der Waals surface area contributed by atoms with Gasteiger partial charge in [0.1, 0.15) is 24.1 Å². The summed E-state index contributed by atoms with van der Waals surface area (Å²) in [6.07, 6.45) is 0.204. The van der Waals surface area contributed by atoms with E-state index in [1.54, 1.807) is 37.4 Å². The number of methoxy groups -OCH3 is 2. The van der Waals surface area contributed by atoms with Gasteiger partial charge in [-0.15, -0.1) is 0 Å². The molecule has 11 heteroatoms. The molecule has 0 saturated heterocycles. The van der Waals surface area contributed by atoms with E-state index >= 15 is 0 Å². The summed E-state index contributed by atoms with van der Waals surface area (Å²) in [5, 5.41) is 2.85. The molecule has 2 amide bonds. The SMILES string of the molecule is CNC(=O)C(Cc1ccccc1)N(Cc1cccc(OC)c1)C(=O)CN(c1ccc(OC)c(Cl)c1)S(=O)(=O)c1ccc(C)cc1. The summed E-state index contributed by atoms with van der Waals surface area (Å²) in [6.45, 7) is 1.26. The van der Waals surface area contributed by atoms with E-state index in [1.165, 1.54) is 49.4 Å². The molecular formula is C34H36ClN3O6S. The number of nitrogens with one attached hydrogen (secondary N) is 1. The Balaban J connectivity index is 1.82. The van der Waals surface area contributed by atoms with Gasteiger partial charge in [0, 0.05) is 20.0 Å². The highest BCUT2D eigenvalue weighted by atomic mass is 35.5. The Bertz CT molecular complexity index is 1730. The lowest BCUT2D eigenvalue weighted by Crippen LogP contribution is -2.53. The molecule has 0 aromatic heterocycles. The van der Waals surface area contributed by atoms with Gasteiger partial charge in [0.05, 0.1) is 29.8 Å². The summed E-state index contributed by atoms with van der Waals surface area (Å²) in [7, 11) is 0.230. The zero-order valence-electron chi connectivity index (χ0n) is 25.6. The van der Waals surface area contributed by atoms with E-state index in [1.807, 2.05) is 43.3 Å². The van der Waals surface area contributed by atoms with Crippen LogP contribution in [0, 0.1) is 6.92 Å². The predicted octanol–water partition coefficient (Wildman–Crippen LogP) is 5.25. The molecule has 1 unspecified atom stereocenters. The Morgan fingerprint density at radius 3 is 2.18 bits per heavy atom. The Morgan fingerprint density at radius 1 is 0.867 bits per heavy atom. The smallest absolute Gasteiger partial charge is 0.264 e. The highest BCUT2D eigenvalue weighted by Gasteiger charge is 2.34. The average Bonchev–Trinajstić information content (AvgIpc) is 3.05. The molecule has 0 bridgehead atoms. The molecule has 0 aliphatic rings. The van der Waals surface area contributed by atoms with Crippen molar-refractivity contribution in [2.75, 3.05) is 32.1 Å². The van der Waals surface area contributed by atoms with E-state index in [4.69, 9.17) is 21.1 Å². The molecule has 4 rings (SSSR count). The molecule has 4 aromatic rings. The van der Waals surface area contributed by atoms with Crippen LogP contribution in [0.25, 0.3) is 0 Å². The minimum atomic E-state index is -4.26. The number of halogens is 1. The molecule has 0 aliphatic carbocycles. The number of benzene rings is 4. The normalized spacial score (nSPS) is 11.8. The number of carbonyl (C=O) groups is 2. The van der Waals surface area contributed by atoms with Crippen LogP contribution in [0.15, 0.2) is 102 Å². The lowest BCUT2D eigenvalue weighted by molar-refractivity contribution is -0.139. The highest BCUT2D eigenvalue weighted by molar-refractivity contribution is 7.92. The standard InChI is InChI=1S/C34H36ClN3O6S/c1-24-13-16-29(17-14-24)45(41,42)38(27-15-18-32(44-4)30(35)21-27)23-33(39)37(22-26-11-8-12-28(19-26)43-3)31(34(40)36-2)20-25-9-6-5-7-10-25/h5-19,21,31H,20,22-23H2,1-4H3,(H,36,40). The number of amides is 2. The van der Waals surface area contributed by atoms with E-state index < -0.39 is 34.4 Å². The van der Waals surface area contributed by atoms with Crippen molar-refractivity contribution in [2.24, 2.45) is 0 Å². The molecule has 0 heterocycles. The first-order chi connectivity index (χ1) is 21.6. The second kappa shape index (κ2) is 15.0. The monoisotopic (exact) mass is 649 g/mol. The van der Waals surface area contributed by atoms with Gasteiger partial charge < -0.3 is 19.7 Å². The number of ether oxygens (including phenoxy) is 2. The average molecular weight is 650 g/mol. The zero-order valence-corrected chi connectivity index (χ0v) is 27.1. The molecule has 4 aromatic carbocycles. The van der Waals surface area contributed by atoms with Gasteiger partial charge in [0.2, 0.25) is 11.8 Å². The highest BCUT2D eigenvalue weighted by Crippen LogP contribution is 2.32. The first-order valence-corrected chi connectivity index (χ1v) is 16.0. The predicted molar refractivity (Wildman–Crippen MR) is 175 cm³/mol. The van der Waals surface area contributed by atoms with Crippen molar-refractivity contribution in [3.05, 3.63) is 119 Å². The maximum atomic E-state index is 14.4. The van der Waals surface area contributed by atoms with Crippen molar-refractivity contribution in [1.29, 1.82) is 0 Å². The van der Waals surface area contributed by atoms with Crippen molar-refractivity contribution in [3.63, 3.8) is 0 Å². The van der Waals surface area contributed by atoms with E-state index in [0.29, 0.717) is 17.1 Å². The summed E-state index contributed by atoms with van der Waals surface area (Å²) < 4.78 is 39.9. The molecule has 0 fully saturated rings. The minimum Gasteiger partial charge on any atom is -0.497 e. The summed E-state index contributed by atoms with van der Waals surface area (Å²) in [5.41, 5.74) is 2.57. The molecule has 236 valence electrons. The van der Waals surface area contributed by atoms with E-state index in [0.717, 1.165) is 15.4 Å². The molecule has 45 heavy (non-hydrogen) atoms. The molecule has 0 aliphatic heterocycles. The Kier molecular flexibility index (Phi) is 11.1. The van der Waals surface area contributed by atoms with Crippen LogP contribution in [-0.2, 0) is 32.6 Å². The van der Waals surface area contributed by atoms with Gasteiger partial charge in [-0.1, -0.05) is 71.8 Å². The van der Waals surface area contributed by atoms with Crippen molar-refractivity contribution in [1.82, 2.24) is 10.2 Å². The van der Waals surface area contributed by atoms with Crippen LogP contribution in [0.3, 0.4) is 0 Å². The second-order valence-corrected chi connectivity index (χ2v) is 12.6. The summed E-state index contributed by atoms with van der Waals surface area (Å²) in [4.78, 5) is 29.2. The van der Waals surface area contributed by atoms with Crippen LogP contribution >= 0.6 is 11.6 Å². The van der Waals surface area contributed by atoms with Crippen molar-refractivity contribution < 1.29 is 27.5 Å². The van der Waals surface area contributed by atoms with Gasteiger partial charge in [0.15, 0.2) is 0 Å². The third kappa shape index (κ3) is 8.14. The van der Waals surface area contributed by atoms with Crippen LogP contribution < -0.4 is 19.1 Å². The van der Waals surface area contributed by atoms with Gasteiger partial charge in [-0.3, -0.25) is 13.9 Å². The number of hydrogen-bond donors (Lipinski definition) is 1. The van der Waals surface area contributed by atoms with Gasteiger partial charge >= 0.3 is 0 Å². The van der Waals surface area contributed by atoms with Crippen LogP contribution in [0.4, 0.5) is 5.69 Å². The van der Waals surface area contributed by atoms with Crippen LogP contribution in [0.2, 0.25) is 5.02 Å². The number of sulfonamides is 1. The zero-order chi connectivity index (χ0) is 32.6. The van der Waals surface area contributed by atoms with Crippen LogP contribution in [0.5, 0.6) is 11.5 Å². The lowest BCUT2D eigenvalue weighted by Gasteiger charge is -2.33. The quantitative estimate of drug-likeness (QED) is 0.212. The second-order valence-electron chi connectivity index (χ2n) is 10.3. The Morgan fingerprint density at radius 2 is 1.56 bits per heavy atom. The molecule has 1 N–H and O–H groups in total. The van der Waals surface area contributed by atoms with E-state index in [9.17, 15) is 18.0 Å². The third-order valence-corrected chi connectivity index (χ3v) is 9.40. The number of hydrogen-bond acceptors (Lipinski definition) is 6. The van der Waals surface area contributed by atoms with Crippen LogP contribution in [0.1, 0.15) is 16.7 Å². The summed E-state index contributed by atoms with van der Waals surface area (Å²) in [6, 6.07) is 26.4. The van der Waals surface area contributed by atoms with Gasteiger partial charge in [-0.25, -0.2) is 8.42 Å². The number of aryl methyl sites for hydroxylation is 1. The topological polar surface area (TPSA) is 105 Å². The first-order valence-electron chi connectivity index (χ1n) is 14.2. The fraction of sp³-hybridized carbons (Fsp3) is 0.235. The molecule has 1 atom stereocenters. The van der Waals surface area contributed by atoms with E-state index in [2.05, 4.69) is 5.32 Å². The number of rotatable bonds is 13. The molecule has 0 saturated carbocycles. The van der Waals surface area contributed by atoms with E-state index in [-0.39, 0.29) is 28.6 Å². The minimum absolute atomic E-state index is 0.000627. The maximum absolute atomic E-state index is 14.4. The number of nitrogens with zero attached hydrogens (tertiary/aromatic N) is 2. The number of carbonyl (C=O) groups excluding carboxylic acids is 2. The fourth-order valence-corrected chi connectivity index (χ4v) is 6.52. The van der Waals surface area contributed by atoms with Gasteiger partial charge in [-0.2, -0.15) is 0 Å². The number of likely N-dealkylation sites (N-methyl/N-ethyl adjacent to an activating group) is 1. The summed E-state index contributed by atoms with van der Waals surface area (Å²) >= 11 is 6.42. The molecule has 9 nitrogen and oxygen atoms in total. The Hall–Kier alpha value is -4.54. The number of anilines is 1. The molecule has 0 radical (unpaired) electrons. The fourth-order valence-electron chi connectivity index (χ4n) is 4.86. The van der Waals surface area contributed by atoms with Crippen molar-refractivity contribution >= 4 is 39.1 Å². The van der Waals surface area contributed by atoms with Gasteiger partial charge in [0.25, 0.3) is 10.0 Å². The Labute approximate surface area is 269 Å². The maximum Gasteiger partial charge on any atom is 0.264 e. The third-order valence-electron chi connectivity index (χ3n) is 7.32. The van der Waals surface area contributed by atoms with Crippen LogP contribution in [-0.4, -0.2) is 59.0 Å². The first kappa shape index (κ1) is 33.4. The largest absolute Gasteiger partial charge is 0.497 e. The lowest BCUT2D eigenvalue weighted by atomic mass is 10.0.